The van der Waals surface area contributed by atoms with Crippen molar-refractivity contribution < 1.29 is 4.79 Å². The molecular weight excluding hydrogens is 232 g/mol. The van der Waals surface area contributed by atoms with Crippen LogP contribution in [0.25, 0.3) is 0 Å². The molecular formula is C13H20N2OS. The number of hydrogen-bond acceptors (Lipinski definition) is 3. The Morgan fingerprint density at radius 1 is 1.53 bits per heavy atom. The zero-order valence-electron chi connectivity index (χ0n) is 10.1. The largest absolute Gasteiger partial charge is 0.356 e. The van der Waals surface area contributed by atoms with E-state index in [2.05, 4.69) is 16.8 Å². The van der Waals surface area contributed by atoms with Crippen LogP contribution in [0.1, 0.15) is 42.0 Å². The molecule has 2 rings (SSSR count). The Balaban J connectivity index is 1.89. The van der Waals surface area contributed by atoms with E-state index in [9.17, 15) is 4.79 Å². The molecule has 3 N–H and O–H groups in total. The minimum atomic E-state index is 0.0860. The van der Waals surface area contributed by atoms with Crippen molar-refractivity contribution in [2.24, 2.45) is 5.73 Å². The van der Waals surface area contributed by atoms with Crippen molar-refractivity contribution >= 4 is 17.2 Å². The van der Waals surface area contributed by atoms with E-state index < -0.39 is 0 Å². The average Bonchev–Trinajstić information content (AvgIpc) is 2.82. The number of hydrogen-bond donors (Lipinski definition) is 2. The van der Waals surface area contributed by atoms with Crippen molar-refractivity contribution in [3.8, 4) is 0 Å². The van der Waals surface area contributed by atoms with Gasteiger partial charge in [0.25, 0.3) is 0 Å². The Hall–Kier alpha value is -0.870. The second-order valence-corrected chi connectivity index (χ2v) is 5.53. The first kappa shape index (κ1) is 12.6. The van der Waals surface area contributed by atoms with Crippen LogP contribution in [0.2, 0.25) is 0 Å². The summed E-state index contributed by atoms with van der Waals surface area (Å²) in [5.41, 5.74) is 6.69. The van der Waals surface area contributed by atoms with Crippen LogP contribution >= 0.6 is 11.3 Å². The SMILES string of the molecule is NCCCCNC(=O)C1CCCc2sccc21. The molecule has 0 spiro atoms. The molecule has 0 aliphatic heterocycles. The van der Waals surface area contributed by atoms with Gasteiger partial charge in [-0.1, -0.05) is 0 Å². The van der Waals surface area contributed by atoms with Gasteiger partial charge in [0.1, 0.15) is 0 Å². The summed E-state index contributed by atoms with van der Waals surface area (Å²) in [5, 5.41) is 5.13. The summed E-state index contributed by atoms with van der Waals surface area (Å²) in [5.74, 6) is 0.282. The number of rotatable bonds is 5. The normalized spacial score (nSPS) is 18.8. The van der Waals surface area contributed by atoms with Crippen LogP contribution in [0.15, 0.2) is 11.4 Å². The van der Waals surface area contributed by atoms with Gasteiger partial charge >= 0.3 is 0 Å². The van der Waals surface area contributed by atoms with Gasteiger partial charge < -0.3 is 11.1 Å². The summed E-state index contributed by atoms with van der Waals surface area (Å²) >= 11 is 1.78. The van der Waals surface area contributed by atoms with Crippen LogP contribution in [0.5, 0.6) is 0 Å². The minimum absolute atomic E-state index is 0.0860. The molecule has 1 heterocycles. The molecule has 3 nitrogen and oxygen atoms in total. The summed E-state index contributed by atoms with van der Waals surface area (Å²) in [6, 6.07) is 2.11. The van der Waals surface area contributed by atoms with Crippen molar-refractivity contribution in [3.05, 3.63) is 21.9 Å². The Morgan fingerprint density at radius 3 is 3.24 bits per heavy atom. The lowest BCUT2D eigenvalue weighted by atomic mass is 9.87. The van der Waals surface area contributed by atoms with Crippen LogP contribution in [-0.2, 0) is 11.2 Å². The molecule has 0 aromatic carbocycles. The second-order valence-electron chi connectivity index (χ2n) is 4.53. The van der Waals surface area contributed by atoms with E-state index in [1.165, 1.54) is 10.4 Å². The van der Waals surface area contributed by atoms with Crippen molar-refractivity contribution in [1.29, 1.82) is 0 Å². The Kier molecular flexibility index (Phi) is 4.57. The quantitative estimate of drug-likeness (QED) is 0.788. The van der Waals surface area contributed by atoms with Gasteiger partial charge in [-0.25, -0.2) is 0 Å². The first-order chi connectivity index (χ1) is 8.33. The summed E-state index contributed by atoms with van der Waals surface area (Å²) in [4.78, 5) is 13.5. The maximum atomic E-state index is 12.1. The molecule has 1 aromatic rings. The summed E-state index contributed by atoms with van der Waals surface area (Å²) in [6.07, 6.45) is 5.23. The average molecular weight is 252 g/mol. The molecule has 0 radical (unpaired) electrons. The third-order valence-electron chi connectivity index (χ3n) is 3.30. The third kappa shape index (κ3) is 3.07. The molecule has 1 amide bonds. The molecule has 0 saturated carbocycles. The van der Waals surface area contributed by atoms with E-state index in [-0.39, 0.29) is 11.8 Å². The molecule has 0 fully saturated rings. The van der Waals surface area contributed by atoms with E-state index in [1.54, 1.807) is 11.3 Å². The van der Waals surface area contributed by atoms with E-state index >= 15 is 0 Å². The molecule has 0 saturated heterocycles. The lowest BCUT2D eigenvalue weighted by Crippen LogP contribution is -2.31. The smallest absolute Gasteiger partial charge is 0.227 e. The number of thiophene rings is 1. The Morgan fingerprint density at radius 2 is 2.41 bits per heavy atom. The first-order valence-corrected chi connectivity index (χ1v) is 7.25. The molecule has 1 atom stereocenters. The Labute approximate surface area is 106 Å². The highest BCUT2D eigenvalue weighted by Gasteiger charge is 2.26. The fraction of sp³-hybridized carbons (Fsp3) is 0.615. The molecule has 17 heavy (non-hydrogen) atoms. The number of carbonyl (C=O) groups is 1. The number of amides is 1. The number of nitrogens with one attached hydrogen (secondary N) is 1. The van der Waals surface area contributed by atoms with Crippen molar-refractivity contribution in [3.63, 3.8) is 0 Å². The van der Waals surface area contributed by atoms with Gasteiger partial charge in [0.2, 0.25) is 5.91 Å². The van der Waals surface area contributed by atoms with Gasteiger partial charge in [-0.15, -0.1) is 11.3 Å². The zero-order valence-corrected chi connectivity index (χ0v) is 10.9. The number of fused-ring (bicyclic) bond motifs is 1. The molecule has 4 heteroatoms. The van der Waals surface area contributed by atoms with Crippen LogP contribution < -0.4 is 11.1 Å². The monoisotopic (exact) mass is 252 g/mol. The maximum Gasteiger partial charge on any atom is 0.227 e. The van der Waals surface area contributed by atoms with Gasteiger partial charge in [0, 0.05) is 11.4 Å². The van der Waals surface area contributed by atoms with E-state index in [0.29, 0.717) is 6.54 Å². The lowest BCUT2D eigenvalue weighted by Gasteiger charge is -2.21. The molecule has 1 aliphatic carbocycles. The fourth-order valence-corrected chi connectivity index (χ4v) is 3.35. The van der Waals surface area contributed by atoms with Crippen molar-refractivity contribution in [2.45, 2.75) is 38.0 Å². The fourth-order valence-electron chi connectivity index (χ4n) is 2.36. The van der Waals surface area contributed by atoms with Gasteiger partial charge in [-0.3, -0.25) is 4.79 Å². The van der Waals surface area contributed by atoms with Crippen molar-refractivity contribution in [2.75, 3.05) is 13.1 Å². The molecule has 1 aromatic heterocycles. The van der Waals surface area contributed by atoms with Crippen LogP contribution in [0, 0.1) is 0 Å². The second kappa shape index (κ2) is 6.17. The number of aryl methyl sites for hydroxylation is 1. The third-order valence-corrected chi connectivity index (χ3v) is 4.30. The zero-order chi connectivity index (χ0) is 12.1. The maximum absolute atomic E-state index is 12.1. The highest BCUT2D eigenvalue weighted by Crippen LogP contribution is 2.34. The predicted molar refractivity (Wildman–Crippen MR) is 71.3 cm³/mol. The van der Waals surface area contributed by atoms with Gasteiger partial charge in [0.15, 0.2) is 0 Å². The van der Waals surface area contributed by atoms with Crippen LogP contribution in [-0.4, -0.2) is 19.0 Å². The van der Waals surface area contributed by atoms with E-state index in [4.69, 9.17) is 5.73 Å². The van der Waals surface area contributed by atoms with Crippen molar-refractivity contribution in [1.82, 2.24) is 5.32 Å². The summed E-state index contributed by atoms with van der Waals surface area (Å²) < 4.78 is 0. The predicted octanol–water partition coefficient (Wildman–Crippen LogP) is 2.02. The first-order valence-electron chi connectivity index (χ1n) is 6.37. The minimum Gasteiger partial charge on any atom is -0.356 e. The lowest BCUT2D eigenvalue weighted by molar-refractivity contribution is -0.122. The van der Waals surface area contributed by atoms with Gasteiger partial charge in [-0.2, -0.15) is 0 Å². The molecule has 94 valence electrons. The topological polar surface area (TPSA) is 55.1 Å². The Bertz CT molecular complexity index is 375. The molecule has 1 unspecified atom stereocenters. The van der Waals surface area contributed by atoms with Crippen LogP contribution in [0.3, 0.4) is 0 Å². The standard InChI is InChI=1S/C13H20N2OS/c14-7-1-2-8-15-13(16)11-4-3-5-12-10(11)6-9-17-12/h6,9,11H,1-5,7-8,14H2,(H,15,16). The summed E-state index contributed by atoms with van der Waals surface area (Å²) in [6.45, 7) is 1.46. The highest BCUT2D eigenvalue weighted by molar-refractivity contribution is 7.10. The number of carbonyl (C=O) groups excluding carboxylic acids is 1. The highest BCUT2D eigenvalue weighted by atomic mass is 32.1. The van der Waals surface area contributed by atoms with E-state index in [0.717, 1.165) is 38.6 Å². The van der Waals surface area contributed by atoms with Gasteiger partial charge in [-0.05, 0) is 55.7 Å². The number of unbranched alkanes of at least 4 members (excludes halogenated alkanes) is 1. The summed E-state index contributed by atoms with van der Waals surface area (Å²) in [7, 11) is 0. The van der Waals surface area contributed by atoms with Gasteiger partial charge in [0.05, 0.1) is 5.92 Å². The number of nitrogens with two attached hydrogens (primary N) is 1. The molecule has 0 bridgehead atoms. The van der Waals surface area contributed by atoms with E-state index in [1.807, 2.05) is 0 Å². The van der Waals surface area contributed by atoms with Crippen LogP contribution in [0.4, 0.5) is 0 Å². The molecule has 1 aliphatic rings.